The molecule has 116 valence electrons. The van der Waals surface area contributed by atoms with E-state index in [1.807, 2.05) is 29.0 Å². The van der Waals surface area contributed by atoms with Crippen molar-refractivity contribution in [2.45, 2.75) is 19.5 Å². The lowest BCUT2D eigenvalue weighted by Crippen LogP contribution is -2.30. The van der Waals surface area contributed by atoms with Crippen molar-refractivity contribution in [3.05, 3.63) is 54.1 Å². The van der Waals surface area contributed by atoms with Gasteiger partial charge in [0, 0.05) is 18.9 Å². The maximum Gasteiger partial charge on any atom is 0.234 e. The van der Waals surface area contributed by atoms with Crippen LogP contribution in [0.15, 0.2) is 42.7 Å². The van der Waals surface area contributed by atoms with Gasteiger partial charge in [-0.3, -0.25) is 4.79 Å². The number of benzene rings is 1. The van der Waals surface area contributed by atoms with Crippen LogP contribution in [0.2, 0.25) is 0 Å². The Bertz CT molecular complexity index is 531. The van der Waals surface area contributed by atoms with E-state index in [1.165, 1.54) is 5.56 Å². The van der Waals surface area contributed by atoms with Crippen LogP contribution in [0.25, 0.3) is 0 Å². The van der Waals surface area contributed by atoms with Gasteiger partial charge in [-0.2, -0.15) is 0 Å². The van der Waals surface area contributed by atoms with Gasteiger partial charge < -0.3 is 15.6 Å². The van der Waals surface area contributed by atoms with Crippen molar-refractivity contribution >= 4 is 30.7 Å². The Morgan fingerprint density at radius 1 is 1.24 bits per heavy atom. The molecule has 1 heterocycles. The highest BCUT2D eigenvalue weighted by Crippen LogP contribution is 2.04. The zero-order chi connectivity index (χ0) is 13.5. The van der Waals surface area contributed by atoms with Gasteiger partial charge in [0.1, 0.15) is 5.82 Å². The summed E-state index contributed by atoms with van der Waals surface area (Å²) in [5.41, 5.74) is 6.53. The molecular weight excluding hydrogens is 311 g/mol. The van der Waals surface area contributed by atoms with Crippen LogP contribution in [0.5, 0.6) is 0 Å². The Kier molecular flexibility index (Phi) is 9.45. The van der Waals surface area contributed by atoms with Gasteiger partial charge in [0.15, 0.2) is 0 Å². The minimum atomic E-state index is -0.169. The Balaban J connectivity index is 0.00000200. The third-order valence-electron chi connectivity index (χ3n) is 2.91. The molecule has 0 aliphatic carbocycles. The third-order valence-corrected chi connectivity index (χ3v) is 2.91. The summed E-state index contributed by atoms with van der Waals surface area (Å²) >= 11 is 0. The number of rotatable bonds is 6. The largest absolute Gasteiger partial charge is 0.348 e. The zero-order valence-electron chi connectivity index (χ0n) is 11.6. The predicted molar refractivity (Wildman–Crippen MR) is 87.8 cm³/mol. The molecule has 0 atom stereocenters. The van der Waals surface area contributed by atoms with E-state index in [0.29, 0.717) is 6.54 Å². The van der Waals surface area contributed by atoms with Gasteiger partial charge in [-0.25, -0.2) is 4.98 Å². The molecule has 2 aromatic rings. The molecule has 1 amide bonds. The van der Waals surface area contributed by atoms with Gasteiger partial charge in [0.25, 0.3) is 0 Å². The summed E-state index contributed by atoms with van der Waals surface area (Å²) in [6, 6.07) is 10.3. The van der Waals surface area contributed by atoms with Crippen molar-refractivity contribution in [2.75, 3.05) is 6.54 Å². The fraction of sp³-hybridized carbons (Fsp3) is 0.286. The number of nitrogens with two attached hydrogens (primary N) is 1. The number of nitrogens with zero attached hydrogens (tertiary/aromatic N) is 2. The molecule has 0 bridgehead atoms. The smallest absolute Gasteiger partial charge is 0.234 e. The first-order valence-electron chi connectivity index (χ1n) is 6.30. The minimum Gasteiger partial charge on any atom is -0.348 e. The number of aromatic nitrogens is 2. The number of nitrogens with one attached hydrogen (secondary N) is 1. The molecule has 0 aliphatic rings. The maximum absolute atomic E-state index is 11.1. The van der Waals surface area contributed by atoms with Gasteiger partial charge in [-0.1, -0.05) is 30.3 Å². The van der Waals surface area contributed by atoms with Gasteiger partial charge in [0.05, 0.1) is 13.1 Å². The van der Waals surface area contributed by atoms with E-state index >= 15 is 0 Å². The first kappa shape index (κ1) is 19.4. The normalized spacial score (nSPS) is 9.38. The number of carbonyl (C=O) groups is 1. The lowest BCUT2D eigenvalue weighted by Gasteiger charge is -2.08. The Morgan fingerprint density at radius 3 is 2.62 bits per heavy atom. The van der Waals surface area contributed by atoms with E-state index in [2.05, 4.69) is 22.4 Å². The average Bonchev–Trinajstić information content (AvgIpc) is 2.91. The van der Waals surface area contributed by atoms with Crippen LogP contribution < -0.4 is 11.1 Å². The van der Waals surface area contributed by atoms with Crippen molar-refractivity contribution in [3.63, 3.8) is 0 Å². The molecule has 0 saturated heterocycles. The summed E-state index contributed by atoms with van der Waals surface area (Å²) in [6.45, 7) is 1.26. The quantitative estimate of drug-likeness (QED) is 0.843. The topological polar surface area (TPSA) is 72.9 Å². The Morgan fingerprint density at radius 2 is 1.95 bits per heavy atom. The molecule has 0 unspecified atom stereocenters. The van der Waals surface area contributed by atoms with E-state index in [0.717, 1.165) is 18.8 Å². The molecule has 0 saturated carbocycles. The first-order chi connectivity index (χ1) is 9.29. The predicted octanol–water partition coefficient (Wildman–Crippen LogP) is 1.54. The number of aryl methyl sites for hydroxylation is 2. The second-order valence-corrected chi connectivity index (χ2v) is 4.25. The Hall–Kier alpha value is -1.56. The molecule has 7 heteroatoms. The van der Waals surface area contributed by atoms with Crippen molar-refractivity contribution in [2.24, 2.45) is 5.73 Å². The lowest BCUT2D eigenvalue weighted by atomic mass is 10.1. The summed E-state index contributed by atoms with van der Waals surface area (Å²) in [4.78, 5) is 15.4. The molecule has 1 aromatic heterocycles. The van der Waals surface area contributed by atoms with Crippen LogP contribution in [-0.4, -0.2) is 22.0 Å². The van der Waals surface area contributed by atoms with Crippen LogP contribution in [-0.2, 0) is 24.3 Å². The number of hydrogen-bond donors (Lipinski definition) is 2. The summed E-state index contributed by atoms with van der Waals surface area (Å²) in [5.74, 6) is 0.676. The van der Waals surface area contributed by atoms with Crippen molar-refractivity contribution in [3.8, 4) is 0 Å². The van der Waals surface area contributed by atoms with E-state index in [4.69, 9.17) is 5.73 Å². The second kappa shape index (κ2) is 10.2. The standard InChI is InChI=1S/C14H18N4O.2ClH/c15-10-14(19)17-11-13-16-7-9-18(13)8-6-12-4-2-1-3-5-12;;/h1-5,7,9H,6,8,10-11,15H2,(H,17,19);2*1H. The molecule has 21 heavy (non-hydrogen) atoms. The van der Waals surface area contributed by atoms with Gasteiger partial charge in [-0.05, 0) is 12.0 Å². The molecule has 0 aliphatic heterocycles. The van der Waals surface area contributed by atoms with E-state index < -0.39 is 0 Å². The fourth-order valence-corrected chi connectivity index (χ4v) is 1.85. The van der Waals surface area contributed by atoms with Crippen LogP contribution in [0.1, 0.15) is 11.4 Å². The summed E-state index contributed by atoms with van der Waals surface area (Å²) < 4.78 is 2.05. The first-order valence-corrected chi connectivity index (χ1v) is 6.30. The van der Waals surface area contributed by atoms with Crippen LogP contribution in [0, 0.1) is 0 Å². The maximum atomic E-state index is 11.1. The molecular formula is C14H20Cl2N4O. The van der Waals surface area contributed by atoms with Gasteiger partial charge in [-0.15, -0.1) is 24.8 Å². The molecule has 1 aromatic carbocycles. The molecule has 2 rings (SSSR count). The molecule has 0 radical (unpaired) electrons. The summed E-state index contributed by atoms with van der Waals surface area (Å²) in [5, 5.41) is 2.73. The molecule has 0 spiro atoms. The second-order valence-electron chi connectivity index (χ2n) is 4.25. The highest BCUT2D eigenvalue weighted by molar-refractivity contribution is 5.85. The third kappa shape index (κ3) is 6.16. The summed E-state index contributed by atoms with van der Waals surface area (Å²) in [7, 11) is 0. The fourth-order valence-electron chi connectivity index (χ4n) is 1.85. The number of imidazole rings is 1. The minimum absolute atomic E-state index is 0. The summed E-state index contributed by atoms with van der Waals surface area (Å²) in [6.07, 6.45) is 4.61. The number of carbonyl (C=O) groups excluding carboxylic acids is 1. The zero-order valence-corrected chi connectivity index (χ0v) is 13.2. The highest BCUT2D eigenvalue weighted by Gasteiger charge is 2.04. The SMILES string of the molecule is Cl.Cl.NCC(=O)NCc1nccn1CCc1ccccc1. The van der Waals surface area contributed by atoms with Crippen molar-refractivity contribution < 1.29 is 4.79 Å². The lowest BCUT2D eigenvalue weighted by molar-refractivity contribution is -0.119. The Labute approximate surface area is 136 Å². The van der Waals surface area contributed by atoms with E-state index in [1.54, 1.807) is 6.20 Å². The molecule has 5 nitrogen and oxygen atoms in total. The number of hydrogen-bond acceptors (Lipinski definition) is 3. The number of amides is 1. The van der Waals surface area contributed by atoms with Crippen LogP contribution in [0.3, 0.4) is 0 Å². The van der Waals surface area contributed by atoms with E-state index in [-0.39, 0.29) is 37.3 Å². The van der Waals surface area contributed by atoms with Gasteiger partial charge in [0.2, 0.25) is 5.91 Å². The monoisotopic (exact) mass is 330 g/mol. The van der Waals surface area contributed by atoms with Crippen molar-refractivity contribution in [1.29, 1.82) is 0 Å². The van der Waals surface area contributed by atoms with Crippen LogP contribution in [0.4, 0.5) is 0 Å². The van der Waals surface area contributed by atoms with Gasteiger partial charge >= 0.3 is 0 Å². The molecule has 3 N–H and O–H groups in total. The van der Waals surface area contributed by atoms with E-state index in [9.17, 15) is 4.79 Å². The number of halogens is 2. The highest BCUT2D eigenvalue weighted by atomic mass is 35.5. The van der Waals surface area contributed by atoms with Crippen LogP contribution >= 0.6 is 24.8 Å². The average molecular weight is 331 g/mol. The van der Waals surface area contributed by atoms with Crippen molar-refractivity contribution in [1.82, 2.24) is 14.9 Å². The molecule has 0 fully saturated rings.